The summed E-state index contributed by atoms with van der Waals surface area (Å²) in [6, 6.07) is 2.82. The van der Waals surface area contributed by atoms with Gasteiger partial charge in [0.2, 0.25) is 0 Å². The highest BCUT2D eigenvalue weighted by molar-refractivity contribution is 6.32. The van der Waals surface area contributed by atoms with E-state index in [1.165, 1.54) is 33.3 Å². The first-order chi connectivity index (χ1) is 10.4. The van der Waals surface area contributed by atoms with E-state index in [1.807, 2.05) is 0 Å². The Morgan fingerprint density at radius 2 is 1.86 bits per heavy atom. The molecule has 0 spiro atoms. The lowest BCUT2D eigenvalue weighted by atomic mass is 10.1. The van der Waals surface area contributed by atoms with Crippen LogP contribution in [-0.4, -0.2) is 30.0 Å². The molecule has 0 fully saturated rings. The van der Waals surface area contributed by atoms with Gasteiger partial charge in [-0.3, -0.25) is 4.79 Å². The van der Waals surface area contributed by atoms with Gasteiger partial charge < -0.3 is 15.2 Å². The van der Waals surface area contributed by atoms with Crippen molar-refractivity contribution in [2.75, 3.05) is 20.0 Å². The molecule has 0 atom stereocenters. The van der Waals surface area contributed by atoms with Gasteiger partial charge in [-0.2, -0.15) is 0 Å². The Morgan fingerprint density at radius 3 is 2.41 bits per heavy atom. The number of nitrogens with two attached hydrogens (primary N) is 1. The number of anilines is 1. The summed E-state index contributed by atoms with van der Waals surface area (Å²) in [6.45, 7) is 1.30. The van der Waals surface area contributed by atoms with Crippen LogP contribution in [0.5, 0.6) is 11.5 Å². The lowest BCUT2D eigenvalue weighted by molar-refractivity contribution is 0.101. The van der Waals surface area contributed by atoms with Crippen molar-refractivity contribution in [3.05, 3.63) is 28.7 Å². The maximum absolute atomic E-state index is 14.4. The summed E-state index contributed by atoms with van der Waals surface area (Å²) >= 11 is 5.85. The van der Waals surface area contributed by atoms with E-state index in [2.05, 4.69) is 9.97 Å². The summed E-state index contributed by atoms with van der Waals surface area (Å²) in [7, 11) is 2.63. The van der Waals surface area contributed by atoms with Crippen molar-refractivity contribution in [2.24, 2.45) is 0 Å². The Labute approximate surface area is 131 Å². The van der Waals surface area contributed by atoms with E-state index >= 15 is 0 Å². The number of nitrogen functional groups attached to an aromatic ring is 1. The van der Waals surface area contributed by atoms with Gasteiger partial charge in [0.15, 0.2) is 40.4 Å². The maximum atomic E-state index is 14.4. The van der Waals surface area contributed by atoms with Crippen molar-refractivity contribution >= 4 is 23.2 Å². The van der Waals surface area contributed by atoms with Gasteiger partial charge in [-0.05, 0) is 12.1 Å². The van der Waals surface area contributed by atoms with E-state index in [0.29, 0.717) is 0 Å². The van der Waals surface area contributed by atoms with Crippen molar-refractivity contribution in [2.45, 2.75) is 6.92 Å². The molecule has 2 N–H and O–H groups in total. The summed E-state index contributed by atoms with van der Waals surface area (Å²) in [4.78, 5) is 19.7. The third kappa shape index (κ3) is 2.67. The largest absolute Gasteiger partial charge is 0.492 e. The quantitative estimate of drug-likeness (QED) is 0.870. The minimum Gasteiger partial charge on any atom is -0.492 e. The molecular formula is C14H13ClFN3O3. The van der Waals surface area contributed by atoms with E-state index in [1.54, 1.807) is 0 Å². The normalized spacial score (nSPS) is 10.4. The molecule has 0 bridgehead atoms. The molecule has 1 aromatic heterocycles. The first-order valence-electron chi connectivity index (χ1n) is 6.15. The number of carbonyl (C=O) groups excluding carboxylic acids is 1. The number of rotatable bonds is 4. The second-order valence-electron chi connectivity index (χ2n) is 4.31. The molecule has 1 heterocycles. The number of benzene rings is 1. The Balaban J connectivity index is 2.71. The molecule has 22 heavy (non-hydrogen) atoms. The lowest BCUT2D eigenvalue weighted by Crippen LogP contribution is -2.09. The number of aromatic nitrogens is 2. The fraction of sp³-hybridized carbons (Fsp3) is 0.214. The molecular weight excluding hydrogens is 313 g/mol. The highest BCUT2D eigenvalue weighted by Crippen LogP contribution is 2.35. The SMILES string of the molecule is COc1c(N)nc(-c2ccc(Cl)c(OC)c2F)nc1C(C)=O. The number of hydrogen-bond acceptors (Lipinski definition) is 6. The number of methoxy groups -OCH3 is 2. The predicted octanol–water partition coefficient (Wildman–Crippen LogP) is 2.74. The fourth-order valence-electron chi connectivity index (χ4n) is 1.92. The van der Waals surface area contributed by atoms with E-state index < -0.39 is 5.82 Å². The molecule has 2 rings (SSSR count). The second kappa shape index (κ2) is 6.15. The number of Topliss-reactive ketones (excluding diaryl/α,β-unsaturated/α-hetero) is 1. The topological polar surface area (TPSA) is 87.3 Å². The number of nitrogens with zero attached hydrogens (tertiary/aromatic N) is 2. The van der Waals surface area contributed by atoms with Crippen LogP contribution in [0.2, 0.25) is 5.02 Å². The monoisotopic (exact) mass is 325 g/mol. The molecule has 0 saturated heterocycles. The molecule has 0 amide bonds. The molecule has 0 unspecified atom stereocenters. The highest BCUT2D eigenvalue weighted by atomic mass is 35.5. The molecule has 116 valence electrons. The number of halogens is 2. The number of ether oxygens (including phenoxy) is 2. The van der Waals surface area contributed by atoms with Gasteiger partial charge in [0, 0.05) is 6.92 Å². The van der Waals surface area contributed by atoms with Gasteiger partial charge in [0.25, 0.3) is 0 Å². The molecule has 2 aromatic rings. The highest BCUT2D eigenvalue weighted by Gasteiger charge is 2.21. The Bertz CT molecular complexity index is 753. The first kappa shape index (κ1) is 16.0. The molecule has 0 aliphatic heterocycles. The van der Waals surface area contributed by atoms with Crippen LogP contribution >= 0.6 is 11.6 Å². The van der Waals surface area contributed by atoms with E-state index in [4.69, 9.17) is 26.8 Å². The van der Waals surface area contributed by atoms with Crippen LogP contribution in [0.25, 0.3) is 11.4 Å². The summed E-state index contributed by atoms with van der Waals surface area (Å²) in [5, 5.41) is 0.108. The molecule has 0 radical (unpaired) electrons. The third-order valence-corrected chi connectivity index (χ3v) is 3.22. The van der Waals surface area contributed by atoms with Crippen molar-refractivity contribution < 1.29 is 18.7 Å². The van der Waals surface area contributed by atoms with Crippen LogP contribution in [0.1, 0.15) is 17.4 Å². The van der Waals surface area contributed by atoms with Crippen molar-refractivity contribution in [1.82, 2.24) is 9.97 Å². The van der Waals surface area contributed by atoms with Gasteiger partial charge in [0.1, 0.15) is 0 Å². The fourth-order valence-corrected chi connectivity index (χ4v) is 2.14. The molecule has 0 aliphatic rings. The zero-order chi connectivity index (χ0) is 16.4. The van der Waals surface area contributed by atoms with Gasteiger partial charge >= 0.3 is 0 Å². The van der Waals surface area contributed by atoms with E-state index in [-0.39, 0.29) is 45.2 Å². The van der Waals surface area contributed by atoms with Crippen molar-refractivity contribution in [1.29, 1.82) is 0 Å². The average molecular weight is 326 g/mol. The van der Waals surface area contributed by atoms with Crippen molar-refractivity contribution in [3.8, 4) is 22.9 Å². The Kier molecular flexibility index (Phi) is 4.46. The van der Waals surface area contributed by atoms with Crippen LogP contribution in [0, 0.1) is 5.82 Å². The molecule has 0 saturated carbocycles. The summed E-state index contributed by atoms with van der Waals surface area (Å²) in [5.74, 6) is -1.33. The van der Waals surface area contributed by atoms with Gasteiger partial charge in [-0.15, -0.1) is 0 Å². The molecule has 0 aliphatic carbocycles. The predicted molar refractivity (Wildman–Crippen MR) is 80.0 cm³/mol. The molecule has 1 aromatic carbocycles. The smallest absolute Gasteiger partial charge is 0.190 e. The zero-order valence-corrected chi connectivity index (χ0v) is 12.9. The van der Waals surface area contributed by atoms with Crippen LogP contribution in [0.4, 0.5) is 10.2 Å². The summed E-state index contributed by atoms with van der Waals surface area (Å²) in [5.41, 5.74) is 5.73. The van der Waals surface area contributed by atoms with Gasteiger partial charge in [-0.25, -0.2) is 14.4 Å². The van der Waals surface area contributed by atoms with Crippen molar-refractivity contribution in [3.63, 3.8) is 0 Å². The number of ketones is 1. The number of hydrogen-bond donors (Lipinski definition) is 1. The van der Waals surface area contributed by atoms with Crippen LogP contribution in [-0.2, 0) is 0 Å². The Morgan fingerprint density at radius 1 is 1.23 bits per heavy atom. The third-order valence-electron chi connectivity index (χ3n) is 2.92. The van der Waals surface area contributed by atoms with Crippen LogP contribution in [0.15, 0.2) is 12.1 Å². The Hall–Kier alpha value is -2.41. The van der Waals surface area contributed by atoms with Crippen LogP contribution in [0.3, 0.4) is 0 Å². The van der Waals surface area contributed by atoms with Gasteiger partial charge in [0.05, 0.1) is 24.8 Å². The molecule has 8 heteroatoms. The first-order valence-corrected chi connectivity index (χ1v) is 6.53. The minimum absolute atomic E-state index is 0.0121. The molecule has 6 nitrogen and oxygen atoms in total. The minimum atomic E-state index is -0.742. The summed E-state index contributed by atoms with van der Waals surface area (Å²) in [6.07, 6.45) is 0. The second-order valence-corrected chi connectivity index (χ2v) is 4.72. The zero-order valence-electron chi connectivity index (χ0n) is 12.1. The maximum Gasteiger partial charge on any atom is 0.190 e. The average Bonchev–Trinajstić information content (AvgIpc) is 2.46. The van der Waals surface area contributed by atoms with E-state index in [0.717, 1.165) is 0 Å². The van der Waals surface area contributed by atoms with Crippen LogP contribution < -0.4 is 15.2 Å². The standard InChI is InChI=1S/C14H13ClFN3O3/c1-6(20)10-12(22-3)13(17)19-14(18-10)7-4-5-8(15)11(21-2)9(7)16/h4-5H,1-3H3,(H2,17,18,19). The summed E-state index contributed by atoms with van der Waals surface area (Å²) < 4.78 is 24.3. The number of carbonyl (C=O) groups is 1. The van der Waals surface area contributed by atoms with E-state index in [9.17, 15) is 9.18 Å². The van der Waals surface area contributed by atoms with Gasteiger partial charge in [-0.1, -0.05) is 11.6 Å². The lowest BCUT2D eigenvalue weighted by Gasteiger charge is -2.12.